The molecule has 0 rings (SSSR count). The van der Waals surface area contributed by atoms with Gasteiger partial charge in [0.2, 0.25) is 11.8 Å². The van der Waals surface area contributed by atoms with Gasteiger partial charge < -0.3 is 16.8 Å². The van der Waals surface area contributed by atoms with Crippen molar-refractivity contribution in [2.24, 2.45) is 17.4 Å². The van der Waals surface area contributed by atoms with E-state index in [0.717, 1.165) is 6.42 Å². The SMILES string of the molecule is CCCC(C(=O)NCCC(N)=O)C(N)=S. The Morgan fingerprint density at radius 1 is 1.40 bits per heavy atom. The maximum atomic E-state index is 11.5. The highest BCUT2D eigenvalue weighted by atomic mass is 32.1. The van der Waals surface area contributed by atoms with E-state index < -0.39 is 11.8 Å². The van der Waals surface area contributed by atoms with E-state index in [0.29, 0.717) is 6.42 Å². The van der Waals surface area contributed by atoms with Crippen molar-refractivity contribution in [3.8, 4) is 0 Å². The highest BCUT2D eigenvalue weighted by Crippen LogP contribution is 2.06. The summed E-state index contributed by atoms with van der Waals surface area (Å²) in [7, 11) is 0. The zero-order valence-corrected chi connectivity index (χ0v) is 9.60. The lowest BCUT2D eigenvalue weighted by atomic mass is 10.0. The van der Waals surface area contributed by atoms with Gasteiger partial charge in [0, 0.05) is 13.0 Å². The number of hydrogen-bond donors (Lipinski definition) is 3. The van der Waals surface area contributed by atoms with Crippen LogP contribution >= 0.6 is 12.2 Å². The number of nitrogens with one attached hydrogen (secondary N) is 1. The van der Waals surface area contributed by atoms with E-state index in [2.05, 4.69) is 5.32 Å². The highest BCUT2D eigenvalue weighted by Gasteiger charge is 2.19. The molecule has 0 aromatic carbocycles. The first-order valence-corrected chi connectivity index (χ1v) is 5.25. The van der Waals surface area contributed by atoms with Crippen LogP contribution in [0.15, 0.2) is 0 Å². The minimum absolute atomic E-state index is 0.127. The molecule has 0 radical (unpaired) electrons. The maximum Gasteiger partial charge on any atom is 0.229 e. The van der Waals surface area contributed by atoms with Crippen LogP contribution in [0.2, 0.25) is 0 Å². The van der Waals surface area contributed by atoms with Crippen LogP contribution in [-0.4, -0.2) is 23.3 Å². The first-order valence-electron chi connectivity index (χ1n) is 4.84. The van der Waals surface area contributed by atoms with Crippen molar-refractivity contribution >= 4 is 29.0 Å². The molecule has 0 aliphatic heterocycles. The Bertz CT molecular complexity index is 256. The van der Waals surface area contributed by atoms with Crippen LogP contribution in [-0.2, 0) is 9.59 Å². The van der Waals surface area contributed by atoms with Crippen molar-refractivity contribution in [3.05, 3.63) is 0 Å². The standard InChI is InChI=1S/C9H17N3O2S/c1-2-3-6(8(11)15)9(14)12-5-4-7(10)13/h6H,2-5H2,1H3,(H2,10,13)(H2,11,15)(H,12,14). The van der Waals surface area contributed by atoms with E-state index in [1.165, 1.54) is 0 Å². The molecule has 6 heteroatoms. The lowest BCUT2D eigenvalue weighted by Gasteiger charge is -2.13. The molecule has 0 aromatic rings. The second-order valence-corrected chi connectivity index (χ2v) is 3.72. The number of hydrogen-bond acceptors (Lipinski definition) is 3. The van der Waals surface area contributed by atoms with Crippen LogP contribution in [0.5, 0.6) is 0 Å². The molecule has 0 saturated carbocycles. The molecule has 0 fully saturated rings. The third-order valence-electron chi connectivity index (χ3n) is 1.91. The molecule has 86 valence electrons. The average molecular weight is 231 g/mol. The van der Waals surface area contributed by atoms with Crippen molar-refractivity contribution in [2.45, 2.75) is 26.2 Å². The fourth-order valence-corrected chi connectivity index (χ4v) is 1.35. The molecule has 5 N–H and O–H groups in total. The van der Waals surface area contributed by atoms with E-state index in [9.17, 15) is 9.59 Å². The number of primary amides is 1. The molecule has 0 aromatic heterocycles. The summed E-state index contributed by atoms with van der Waals surface area (Å²) in [6.45, 7) is 2.18. The Labute approximate surface area is 94.6 Å². The number of carbonyl (C=O) groups excluding carboxylic acids is 2. The molecule has 0 bridgehead atoms. The Balaban J connectivity index is 4.03. The molecular weight excluding hydrogens is 214 g/mol. The van der Waals surface area contributed by atoms with Crippen LogP contribution < -0.4 is 16.8 Å². The normalized spacial score (nSPS) is 11.8. The Morgan fingerprint density at radius 2 is 2.00 bits per heavy atom. The van der Waals surface area contributed by atoms with E-state index in [1.54, 1.807) is 0 Å². The largest absolute Gasteiger partial charge is 0.393 e. The van der Waals surface area contributed by atoms with Crippen molar-refractivity contribution < 1.29 is 9.59 Å². The molecule has 15 heavy (non-hydrogen) atoms. The molecule has 0 spiro atoms. The van der Waals surface area contributed by atoms with Crippen molar-refractivity contribution in [1.29, 1.82) is 0 Å². The van der Waals surface area contributed by atoms with Gasteiger partial charge in [0.05, 0.1) is 10.9 Å². The predicted molar refractivity (Wildman–Crippen MR) is 62.0 cm³/mol. The van der Waals surface area contributed by atoms with Crippen LogP contribution in [0.25, 0.3) is 0 Å². The molecular formula is C9H17N3O2S. The first-order chi connectivity index (χ1) is 6.99. The second-order valence-electron chi connectivity index (χ2n) is 3.25. The average Bonchev–Trinajstić information content (AvgIpc) is 2.12. The second kappa shape index (κ2) is 7.17. The van der Waals surface area contributed by atoms with Crippen molar-refractivity contribution in [3.63, 3.8) is 0 Å². The summed E-state index contributed by atoms with van der Waals surface area (Å²) in [4.78, 5) is 22.1. The predicted octanol–water partition coefficient (Wildman–Crippen LogP) is -0.320. The van der Waals surface area contributed by atoms with E-state index in [1.807, 2.05) is 6.92 Å². The summed E-state index contributed by atoms with van der Waals surface area (Å²) in [6, 6.07) is 0. The molecule has 5 nitrogen and oxygen atoms in total. The summed E-state index contributed by atoms with van der Waals surface area (Å²) in [5.74, 6) is -1.12. The van der Waals surface area contributed by atoms with E-state index in [4.69, 9.17) is 23.7 Å². The summed E-state index contributed by atoms with van der Waals surface area (Å²) < 4.78 is 0. The molecule has 1 unspecified atom stereocenters. The van der Waals surface area contributed by atoms with Gasteiger partial charge in [0.15, 0.2) is 0 Å². The topological polar surface area (TPSA) is 98.2 Å². The Morgan fingerprint density at radius 3 is 2.40 bits per heavy atom. The Hall–Kier alpha value is -1.17. The number of thiocarbonyl (C=S) groups is 1. The number of amides is 2. The summed E-state index contributed by atoms with van der Waals surface area (Å²) >= 11 is 4.79. The van der Waals surface area contributed by atoms with Gasteiger partial charge in [-0.25, -0.2) is 0 Å². The minimum atomic E-state index is -0.447. The molecule has 1 atom stereocenters. The lowest BCUT2D eigenvalue weighted by molar-refractivity contribution is -0.123. The fourth-order valence-electron chi connectivity index (χ4n) is 1.12. The number of nitrogens with two attached hydrogens (primary N) is 2. The number of rotatable bonds is 7. The smallest absolute Gasteiger partial charge is 0.229 e. The summed E-state index contributed by atoms with van der Waals surface area (Å²) in [6.07, 6.45) is 1.57. The molecule has 0 aliphatic rings. The monoisotopic (exact) mass is 231 g/mol. The summed E-state index contributed by atoms with van der Waals surface area (Å²) in [5, 5.41) is 2.57. The minimum Gasteiger partial charge on any atom is -0.393 e. The number of carbonyl (C=O) groups is 2. The van der Waals surface area contributed by atoms with Gasteiger partial charge in [0.1, 0.15) is 0 Å². The zero-order valence-electron chi connectivity index (χ0n) is 8.79. The van der Waals surface area contributed by atoms with Crippen LogP contribution in [0.1, 0.15) is 26.2 Å². The van der Waals surface area contributed by atoms with Gasteiger partial charge in [-0.3, -0.25) is 9.59 Å². The van der Waals surface area contributed by atoms with Gasteiger partial charge in [-0.2, -0.15) is 0 Å². The van der Waals surface area contributed by atoms with Gasteiger partial charge in [-0.15, -0.1) is 0 Å². The van der Waals surface area contributed by atoms with Gasteiger partial charge in [-0.05, 0) is 6.42 Å². The third kappa shape index (κ3) is 6.01. The van der Waals surface area contributed by atoms with Crippen molar-refractivity contribution in [1.82, 2.24) is 5.32 Å². The maximum absolute atomic E-state index is 11.5. The van der Waals surface area contributed by atoms with E-state index >= 15 is 0 Å². The molecule has 0 heterocycles. The van der Waals surface area contributed by atoms with Crippen LogP contribution in [0.4, 0.5) is 0 Å². The fraction of sp³-hybridized carbons (Fsp3) is 0.667. The first kappa shape index (κ1) is 13.8. The molecule has 0 saturated heterocycles. The molecule has 2 amide bonds. The van der Waals surface area contributed by atoms with E-state index in [-0.39, 0.29) is 23.9 Å². The van der Waals surface area contributed by atoms with Crippen LogP contribution in [0, 0.1) is 5.92 Å². The Kier molecular flexibility index (Phi) is 6.61. The van der Waals surface area contributed by atoms with Gasteiger partial charge in [-0.1, -0.05) is 25.6 Å². The molecule has 0 aliphatic carbocycles. The van der Waals surface area contributed by atoms with Crippen LogP contribution in [0.3, 0.4) is 0 Å². The lowest BCUT2D eigenvalue weighted by Crippen LogP contribution is -2.39. The van der Waals surface area contributed by atoms with Gasteiger partial charge >= 0.3 is 0 Å². The quantitative estimate of drug-likeness (QED) is 0.523. The third-order valence-corrected chi connectivity index (χ3v) is 2.19. The van der Waals surface area contributed by atoms with Crippen molar-refractivity contribution in [2.75, 3.05) is 6.54 Å². The van der Waals surface area contributed by atoms with Gasteiger partial charge in [0.25, 0.3) is 0 Å². The highest BCUT2D eigenvalue weighted by molar-refractivity contribution is 7.80. The zero-order chi connectivity index (χ0) is 11.8. The summed E-state index contributed by atoms with van der Waals surface area (Å²) in [5.41, 5.74) is 10.4.